The topological polar surface area (TPSA) is 76.0 Å². The Balaban J connectivity index is 1.70. The normalized spacial score (nSPS) is 45.6. The first kappa shape index (κ1) is 19.7. The van der Waals surface area contributed by atoms with E-state index in [0.29, 0.717) is 30.0 Å². The number of ether oxygens (including phenoxy) is 1. The Morgan fingerprint density at radius 1 is 1.18 bits per heavy atom. The molecule has 0 aromatic carbocycles. The average molecular weight is 388 g/mol. The molecule has 1 N–H and O–H groups in total. The molecule has 3 saturated carbocycles. The fraction of sp³-hybridized carbons (Fsp3) is 0.783. The van der Waals surface area contributed by atoms with Crippen molar-refractivity contribution in [2.45, 2.75) is 78.7 Å². The summed E-state index contributed by atoms with van der Waals surface area (Å²) in [6.45, 7) is 8.01. The number of fused-ring (bicyclic) bond motifs is 5. The molecular formula is C23H33NO4. The Labute approximate surface area is 167 Å². The highest BCUT2D eigenvalue weighted by molar-refractivity contribution is 5.92. The van der Waals surface area contributed by atoms with Crippen LogP contribution >= 0.6 is 0 Å². The van der Waals surface area contributed by atoms with Gasteiger partial charge in [-0.3, -0.25) is 9.59 Å². The zero-order valence-corrected chi connectivity index (χ0v) is 17.5. The highest BCUT2D eigenvalue weighted by atomic mass is 16.5. The molecule has 0 radical (unpaired) electrons. The van der Waals surface area contributed by atoms with Crippen LogP contribution in [0.1, 0.15) is 72.6 Å². The van der Waals surface area contributed by atoms with Crippen molar-refractivity contribution in [2.75, 3.05) is 0 Å². The molecule has 0 spiro atoms. The van der Waals surface area contributed by atoms with E-state index in [1.54, 1.807) is 13.8 Å². The van der Waals surface area contributed by atoms with Gasteiger partial charge in [-0.25, -0.2) is 0 Å². The van der Waals surface area contributed by atoms with Crippen LogP contribution < -0.4 is 0 Å². The van der Waals surface area contributed by atoms with E-state index in [2.05, 4.69) is 19.0 Å². The third-order valence-corrected chi connectivity index (χ3v) is 8.98. The Morgan fingerprint density at radius 3 is 2.61 bits per heavy atom. The van der Waals surface area contributed by atoms with Gasteiger partial charge in [0.1, 0.15) is 11.9 Å². The summed E-state index contributed by atoms with van der Waals surface area (Å²) in [5.41, 5.74) is 1.12. The summed E-state index contributed by atoms with van der Waals surface area (Å²) in [4.78, 5) is 24.7. The minimum atomic E-state index is -0.280. The van der Waals surface area contributed by atoms with Crippen molar-refractivity contribution in [2.24, 2.45) is 39.7 Å². The number of hydrogen-bond donors (Lipinski definition) is 1. The van der Waals surface area contributed by atoms with E-state index >= 15 is 0 Å². The van der Waals surface area contributed by atoms with Crippen molar-refractivity contribution in [3.8, 4) is 0 Å². The summed E-state index contributed by atoms with van der Waals surface area (Å²) in [5, 5.41) is 12.3. The van der Waals surface area contributed by atoms with Gasteiger partial charge < -0.3 is 9.94 Å². The molecule has 1 unspecified atom stereocenters. The van der Waals surface area contributed by atoms with Gasteiger partial charge in [-0.15, -0.1) is 0 Å². The minimum absolute atomic E-state index is 0.111. The predicted molar refractivity (Wildman–Crippen MR) is 106 cm³/mol. The number of rotatable bonds is 2. The van der Waals surface area contributed by atoms with Crippen LogP contribution in [0.25, 0.3) is 0 Å². The third kappa shape index (κ3) is 2.68. The first-order valence-corrected chi connectivity index (χ1v) is 10.8. The summed E-state index contributed by atoms with van der Waals surface area (Å²) >= 11 is 0. The molecule has 0 saturated heterocycles. The van der Waals surface area contributed by atoms with E-state index in [1.807, 2.05) is 6.08 Å². The molecule has 0 bridgehead atoms. The zero-order chi connectivity index (χ0) is 20.3. The Kier molecular flexibility index (Phi) is 4.71. The number of carbonyl (C=O) groups is 2. The van der Waals surface area contributed by atoms with E-state index < -0.39 is 0 Å². The number of Topliss-reactive ketones (excluding diaryl/α,β-unsaturated/α-hetero) is 1. The maximum atomic E-state index is 12.4. The van der Waals surface area contributed by atoms with Crippen molar-refractivity contribution in [3.63, 3.8) is 0 Å². The monoisotopic (exact) mass is 387 g/mol. The standard InChI is InChI=1S/C23H33NO4/c1-13(25)18-7-8-19-17-6-5-15-11-16(26)12-21(28-14(2)24-27)23(15,4)20(17)9-10-22(18,19)3/h11,17-21,27H,5-10,12H2,1-4H3/t17-,18+,19-,20-,21?,22+,23-/m0/s1. The largest absolute Gasteiger partial charge is 0.474 e. The molecule has 4 aliphatic carbocycles. The van der Waals surface area contributed by atoms with Crippen LogP contribution in [0.15, 0.2) is 16.8 Å². The first-order chi connectivity index (χ1) is 13.2. The van der Waals surface area contributed by atoms with Gasteiger partial charge in [-0.2, -0.15) is 0 Å². The quantitative estimate of drug-likeness (QED) is 0.327. The second-order valence-electron chi connectivity index (χ2n) is 10.0. The van der Waals surface area contributed by atoms with Crippen LogP contribution in [-0.2, 0) is 14.3 Å². The van der Waals surface area contributed by atoms with Gasteiger partial charge in [0.05, 0.1) is 0 Å². The molecule has 0 amide bonds. The van der Waals surface area contributed by atoms with Gasteiger partial charge in [-0.05, 0) is 74.7 Å². The van der Waals surface area contributed by atoms with Crippen LogP contribution in [0.3, 0.4) is 0 Å². The molecule has 5 nitrogen and oxygen atoms in total. The van der Waals surface area contributed by atoms with Gasteiger partial charge in [0.2, 0.25) is 5.90 Å². The number of nitrogens with zero attached hydrogens (tertiary/aromatic N) is 1. The molecule has 7 atom stereocenters. The lowest BCUT2D eigenvalue weighted by Gasteiger charge is -2.59. The first-order valence-electron chi connectivity index (χ1n) is 10.8. The SMILES string of the molecule is CC(=O)[C@H]1CC[C@H]2[C@@H]3CCC4=CC(=O)CC(OC(C)=NO)[C@]4(C)[C@H]3CC[C@]12C. The number of ketones is 2. The molecule has 3 fully saturated rings. The van der Waals surface area contributed by atoms with Gasteiger partial charge in [0, 0.05) is 24.7 Å². The van der Waals surface area contributed by atoms with Crippen LogP contribution in [0.4, 0.5) is 0 Å². The minimum Gasteiger partial charge on any atom is -0.474 e. The fourth-order valence-corrected chi connectivity index (χ4v) is 7.65. The summed E-state index contributed by atoms with van der Waals surface area (Å²) < 4.78 is 6.01. The third-order valence-electron chi connectivity index (χ3n) is 8.98. The lowest BCUT2D eigenvalue weighted by Crippen LogP contribution is -2.56. The van der Waals surface area contributed by atoms with Crippen LogP contribution in [0, 0.1) is 34.5 Å². The van der Waals surface area contributed by atoms with E-state index in [4.69, 9.17) is 9.94 Å². The average Bonchev–Trinajstić information content (AvgIpc) is 3.00. The second kappa shape index (κ2) is 6.70. The smallest absolute Gasteiger partial charge is 0.222 e. The van der Waals surface area contributed by atoms with Crippen molar-refractivity contribution in [1.82, 2.24) is 0 Å². The lowest BCUT2D eigenvalue weighted by molar-refractivity contribution is -0.133. The molecule has 28 heavy (non-hydrogen) atoms. The Bertz CT molecular complexity index is 756. The maximum absolute atomic E-state index is 12.4. The molecule has 0 aliphatic heterocycles. The van der Waals surface area contributed by atoms with Crippen LogP contribution in [0.5, 0.6) is 0 Å². The number of carbonyl (C=O) groups excluding carboxylic acids is 2. The van der Waals surface area contributed by atoms with Crippen molar-refractivity contribution < 1.29 is 19.5 Å². The van der Waals surface area contributed by atoms with E-state index in [-0.39, 0.29) is 34.5 Å². The molecule has 0 heterocycles. The molecule has 0 aromatic heterocycles. The van der Waals surface area contributed by atoms with E-state index in [9.17, 15) is 9.59 Å². The lowest BCUT2D eigenvalue weighted by atomic mass is 9.46. The molecule has 4 rings (SSSR count). The molecule has 5 heteroatoms. The van der Waals surface area contributed by atoms with E-state index in [1.165, 1.54) is 5.57 Å². The summed E-state index contributed by atoms with van der Waals surface area (Å²) in [6.07, 6.45) is 8.25. The second-order valence-corrected chi connectivity index (χ2v) is 10.0. The predicted octanol–water partition coefficient (Wildman–Crippen LogP) is 4.53. The molecule has 154 valence electrons. The number of oxime groups is 1. The van der Waals surface area contributed by atoms with Gasteiger partial charge in [-0.1, -0.05) is 24.6 Å². The van der Waals surface area contributed by atoms with Crippen molar-refractivity contribution in [1.29, 1.82) is 0 Å². The van der Waals surface area contributed by atoms with Crippen LogP contribution in [-0.4, -0.2) is 28.8 Å². The Hall–Kier alpha value is -1.65. The summed E-state index contributed by atoms with van der Waals surface area (Å²) in [6, 6.07) is 0. The van der Waals surface area contributed by atoms with Gasteiger partial charge in [0.15, 0.2) is 5.78 Å². The van der Waals surface area contributed by atoms with Gasteiger partial charge >= 0.3 is 0 Å². The highest BCUT2D eigenvalue weighted by Crippen LogP contribution is 2.66. The number of hydrogen-bond acceptors (Lipinski definition) is 5. The highest BCUT2D eigenvalue weighted by Gasteiger charge is 2.62. The summed E-state index contributed by atoms with van der Waals surface area (Å²) in [5.74, 6) is 2.47. The molecule has 0 aromatic rings. The maximum Gasteiger partial charge on any atom is 0.222 e. The van der Waals surface area contributed by atoms with Gasteiger partial charge in [0.25, 0.3) is 0 Å². The molecule has 4 aliphatic rings. The van der Waals surface area contributed by atoms with Crippen molar-refractivity contribution >= 4 is 17.5 Å². The van der Waals surface area contributed by atoms with Crippen LogP contribution in [0.2, 0.25) is 0 Å². The van der Waals surface area contributed by atoms with Crippen molar-refractivity contribution in [3.05, 3.63) is 11.6 Å². The zero-order valence-electron chi connectivity index (χ0n) is 17.5. The Morgan fingerprint density at radius 2 is 1.93 bits per heavy atom. The molecular weight excluding hydrogens is 354 g/mol. The summed E-state index contributed by atoms with van der Waals surface area (Å²) in [7, 11) is 0. The fourth-order valence-electron chi connectivity index (χ4n) is 7.65. The van der Waals surface area contributed by atoms with E-state index in [0.717, 1.165) is 38.5 Å².